The van der Waals surface area contributed by atoms with E-state index in [0.717, 1.165) is 0 Å². The summed E-state index contributed by atoms with van der Waals surface area (Å²) in [4.78, 5) is 7.92. The van der Waals surface area contributed by atoms with Crippen LogP contribution in [0.4, 0.5) is 0 Å². The van der Waals surface area contributed by atoms with Crippen molar-refractivity contribution in [3.05, 3.63) is 42.4 Å². The predicted octanol–water partition coefficient (Wildman–Crippen LogP) is 1.72. The molecular weight excluding hydrogens is 190 g/mol. The lowest BCUT2D eigenvalue weighted by molar-refractivity contribution is 0.475. The topological polar surface area (TPSA) is 69.8 Å². The first-order valence-electron chi connectivity index (χ1n) is 4.31. The summed E-state index contributed by atoms with van der Waals surface area (Å²) in [7, 11) is 0. The number of hydrogen-bond acceptors (Lipinski definition) is 4. The Morgan fingerprint density at radius 3 is 2.93 bits per heavy atom. The molecule has 0 fully saturated rings. The van der Waals surface area contributed by atoms with Gasteiger partial charge in [-0.25, -0.2) is 0 Å². The number of aromatic hydroxyl groups is 1. The fourth-order valence-corrected chi connectivity index (χ4v) is 1.25. The fourth-order valence-electron chi connectivity index (χ4n) is 1.25. The van der Waals surface area contributed by atoms with Crippen molar-refractivity contribution in [2.75, 3.05) is 0 Å². The molecule has 0 aliphatic heterocycles. The standard InChI is InChI=1S/C11H7N3O/c12-5-8-4-9(7-13-6-8)11-10(15)2-1-3-14-11/h1-4,6-7,15H. The van der Waals surface area contributed by atoms with E-state index in [2.05, 4.69) is 9.97 Å². The second-order valence-corrected chi connectivity index (χ2v) is 2.95. The largest absolute Gasteiger partial charge is 0.506 e. The zero-order valence-corrected chi connectivity index (χ0v) is 7.75. The summed E-state index contributed by atoms with van der Waals surface area (Å²) in [6.07, 6.45) is 4.60. The number of rotatable bonds is 1. The summed E-state index contributed by atoms with van der Waals surface area (Å²) < 4.78 is 0. The van der Waals surface area contributed by atoms with Gasteiger partial charge in [-0.3, -0.25) is 9.97 Å². The van der Waals surface area contributed by atoms with E-state index in [4.69, 9.17) is 5.26 Å². The van der Waals surface area contributed by atoms with Crippen molar-refractivity contribution in [3.63, 3.8) is 0 Å². The highest BCUT2D eigenvalue weighted by atomic mass is 16.3. The van der Waals surface area contributed by atoms with Gasteiger partial charge in [0.15, 0.2) is 0 Å². The minimum absolute atomic E-state index is 0.0781. The molecule has 2 aromatic heterocycles. The molecule has 0 spiro atoms. The smallest absolute Gasteiger partial charge is 0.141 e. The van der Waals surface area contributed by atoms with Crippen LogP contribution in [0.25, 0.3) is 11.3 Å². The fraction of sp³-hybridized carbons (Fsp3) is 0. The third-order valence-corrected chi connectivity index (χ3v) is 1.93. The number of pyridine rings is 2. The molecule has 0 atom stereocenters. The number of aromatic nitrogens is 2. The van der Waals surface area contributed by atoms with Gasteiger partial charge < -0.3 is 5.11 Å². The van der Waals surface area contributed by atoms with Gasteiger partial charge in [-0.1, -0.05) is 0 Å². The molecule has 0 amide bonds. The van der Waals surface area contributed by atoms with Gasteiger partial charge >= 0.3 is 0 Å². The van der Waals surface area contributed by atoms with Crippen LogP contribution in [0.3, 0.4) is 0 Å². The van der Waals surface area contributed by atoms with E-state index in [-0.39, 0.29) is 5.75 Å². The summed E-state index contributed by atoms with van der Waals surface area (Å²) >= 11 is 0. The number of nitriles is 1. The molecule has 0 aromatic carbocycles. The summed E-state index contributed by atoms with van der Waals surface area (Å²) in [6.45, 7) is 0. The van der Waals surface area contributed by atoms with Crippen molar-refractivity contribution in [2.45, 2.75) is 0 Å². The molecule has 0 aliphatic rings. The van der Waals surface area contributed by atoms with Crippen LogP contribution in [0.1, 0.15) is 5.56 Å². The Balaban J connectivity index is 2.55. The Labute approximate surface area is 86.5 Å². The van der Waals surface area contributed by atoms with Crippen LogP contribution in [-0.2, 0) is 0 Å². The van der Waals surface area contributed by atoms with E-state index < -0.39 is 0 Å². The van der Waals surface area contributed by atoms with Crippen LogP contribution < -0.4 is 0 Å². The summed E-state index contributed by atoms with van der Waals surface area (Å²) in [6, 6.07) is 6.80. The Morgan fingerprint density at radius 2 is 2.20 bits per heavy atom. The van der Waals surface area contributed by atoms with E-state index in [1.807, 2.05) is 6.07 Å². The molecule has 4 heteroatoms. The van der Waals surface area contributed by atoms with Gasteiger partial charge in [0.2, 0.25) is 0 Å². The van der Waals surface area contributed by atoms with Crippen LogP contribution in [0, 0.1) is 11.3 Å². The molecule has 0 aliphatic carbocycles. The van der Waals surface area contributed by atoms with Crippen LogP contribution in [-0.4, -0.2) is 15.1 Å². The average molecular weight is 197 g/mol. The van der Waals surface area contributed by atoms with Crippen LogP contribution >= 0.6 is 0 Å². The lowest BCUT2D eigenvalue weighted by atomic mass is 10.1. The Hall–Kier alpha value is -2.41. The summed E-state index contributed by atoms with van der Waals surface area (Å²) in [5.74, 6) is 0.0781. The van der Waals surface area contributed by atoms with Gasteiger partial charge in [-0.15, -0.1) is 0 Å². The molecule has 2 aromatic rings. The first kappa shape index (κ1) is 9.16. The third-order valence-electron chi connectivity index (χ3n) is 1.93. The first-order chi connectivity index (χ1) is 7.31. The summed E-state index contributed by atoms with van der Waals surface area (Å²) in [5.41, 5.74) is 1.51. The van der Waals surface area contributed by atoms with Gasteiger partial charge in [0.05, 0.1) is 5.56 Å². The molecule has 2 rings (SSSR count). The van der Waals surface area contributed by atoms with Crippen molar-refractivity contribution in [1.29, 1.82) is 5.26 Å². The lowest BCUT2D eigenvalue weighted by Crippen LogP contribution is -1.86. The summed E-state index contributed by atoms with van der Waals surface area (Å²) in [5, 5.41) is 18.3. The van der Waals surface area contributed by atoms with Crippen LogP contribution in [0.2, 0.25) is 0 Å². The average Bonchev–Trinajstić information content (AvgIpc) is 2.30. The maximum absolute atomic E-state index is 9.55. The van der Waals surface area contributed by atoms with Crippen molar-refractivity contribution in [2.24, 2.45) is 0 Å². The highest BCUT2D eigenvalue weighted by Crippen LogP contribution is 2.25. The van der Waals surface area contributed by atoms with Crippen LogP contribution in [0.15, 0.2) is 36.8 Å². The second-order valence-electron chi connectivity index (χ2n) is 2.95. The molecule has 0 unspecified atom stereocenters. The highest BCUT2D eigenvalue weighted by molar-refractivity contribution is 5.65. The molecule has 2 heterocycles. The molecular formula is C11H7N3O. The van der Waals surface area contributed by atoms with E-state index in [0.29, 0.717) is 16.8 Å². The quantitative estimate of drug-likeness (QED) is 0.755. The third kappa shape index (κ3) is 1.76. The Morgan fingerprint density at radius 1 is 1.33 bits per heavy atom. The maximum atomic E-state index is 9.55. The van der Waals surface area contributed by atoms with Crippen molar-refractivity contribution in [3.8, 4) is 23.1 Å². The van der Waals surface area contributed by atoms with Crippen LogP contribution in [0.5, 0.6) is 5.75 Å². The second kappa shape index (κ2) is 3.76. The molecule has 15 heavy (non-hydrogen) atoms. The number of nitrogens with zero attached hydrogens (tertiary/aromatic N) is 3. The van der Waals surface area contributed by atoms with Gasteiger partial charge in [0.1, 0.15) is 17.5 Å². The monoisotopic (exact) mass is 197 g/mol. The predicted molar refractivity (Wildman–Crippen MR) is 53.8 cm³/mol. The molecule has 4 nitrogen and oxygen atoms in total. The lowest BCUT2D eigenvalue weighted by Gasteiger charge is -2.02. The first-order valence-corrected chi connectivity index (χ1v) is 4.31. The van der Waals surface area contributed by atoms with Crippen molar-refractivity contribution in [1.82, 2.24) is 9.97 Å². The molecule has 0 saturated heterocycles. The maximum Gasteiger partial charge on any atom is 0.141 e. The van der Waals surface area contributed by atoms with E-state index in [1.165, 1.54) is 6.20 Å². The molecule has 0 saturated carbocycles. The van der Waals surface area contributed by atoms with Gasteiger partial charge in [-0.05, 0) is 18.2 Å². The van der Waals surface area contributed by atoms with Gasteiger partial charge in [0, 0.05) is 24.2 Å². The van der Waals surface area contributed by atoms with E-state index in [9.17, 15) is 5.11 Å². The van der Waals surface area contributed by atoms with Gasteiger partial charge in [0.25, 0.3) is 0 Å². The zero-order chi connectivity index (χ0) is 10.7. The molecule has 1 N–H and O–H groups in total. The highest BCUT2D eigenvalue weighted by Gasteiger charge is 2.05. The SMILES string of the molecule is N#Cc1cncc(-c2ncccc2O)c1. The minimum Gasteiger partial charge on any atom is -0.506 e. The Bertz CT molecular complexity index is 531. The Kier molecular flexibility index (Phi) is 2.30. The number of hydrogen-bond donors (Lipinski definition) is 1. The molecule has 72 valence electrons. The molecule has 0 radical (unpaired) electrons. The minimum atomic E-state index is 0.0781. The van der Waals surface area contributed by atoms with Crippen molar-refractivity contribution >= 4 is 0 Å². The van der Waals surface area contributed by atoms with E-state index >= 15 is 0 Å². The van der Waals surface area contributed by atoms with Gasteiger partial charge in [-0.2, -0.15) is 5.26 Å². The molecule has 0 bridgehead atoms. The zero-order valence-electron chi connectivity index (χ0n) is 7.75. The van der Waals surface area contributed by atoms with Crippen molar-refractivity contribution < 1.29 is 5.11 Å². The van der Waals surface area contributed by atoms with E-state index in [1.54, 1.807) is 30.6 Å². The normalized spacial score (nSPS) is 9.53.